The summed E-state index contributed by atoms with van der Waals surface area (Å²) < 4.78 is 10.9. The molecule has 2 rings (SSSR count). The molecule has 7 nitrogen and oxygen atoms in total. The van der Waals surface area contributed by atoms with Crippen LogP contribution in [0.1, 0.15) is 57.4 Å². The van der Waals surface area contributed by atoms with E-state index in [9.17, 15) is 14.7 Å². The van der Waals surface area contributed by atoms with Crippen LogP contribution in [0.25, 0.3) is 0 Å². The highest BCUT2D eigenvalue weighted by molar-refractivity contribution is 8.01. The quantitative estimate of drug-likeness (QED) is 0.284. The second-order valence-corrected chi connectivity index (χ2v) is 10.0. The number of aromatic nitrogens is 1. The molecule has 0 saturated carbocycles. The Hall–Kier alpha value is -1.58. The van der Waals surface area contributed by atoms with Crippen molar-refractivity contribution in [3.05, 3.63) is 23.2 Å². The fourth-order valence-electron chi connectivity index (χ4n) is 3.01. The van der Waals surface area contributed by atoms with Crippen molar-refractivity contribution in [2.45, 2.75) is 63.4 Å². The summed E-state index contributed by atoms with van der Waals surface area (Å²) in [5.41, 5.74) is 0.100. The molecule has 1 amide bonds. The number of aliphatic hydroxyl groups is 1. The minimum Gasteiger partial charge on any atom is -0.461 e. The third kappa shape index (κ3) is 6.99. The number of hydrogen-bond acceptors (Lipinski definition) is 8. The van der Waals surface area contributed by atoms with Crippen LogP contribution < -0.4 is 0 Å². The number of hydrogen-bond donors (Lipinski definition) is 1. The predicted octanol–water partition coefficient (Wildman–Crippen LogP) is 4.37. The molecule has 1 fully saturated rings. The van der Waals surface area contributed by atoms with Crippen molar-refractivity contribution in [3.63, 3.8) is 0 Å². The zero-order valence-electron chi connectivity index (χ0n) is 18.1. The van der Waals surface area contributed by atoms with Crippen molar-refractivity contribution in [1.29, 1.82) is 0 Å². The summed E-state index contributed by atoms with van der Waals surface area (Å²) in [5, 5.41) is 12.2. The second-order valence-electron chi connectivity index (χ2n) is 7.83. The van der Waals surface area contributed by atoms with Crippen LogP contribution >= 0.6 is 23.1 Å². The molecular weight excluding hydrogens is 424 g/mol. The standard InChI is InChI=1S/C21H32N2O5S2/c1-5-7-10-21(3,4)17(24)9-8-15-13-28-20(26)23(15)11-12-29-19-22-16(14-30-19)18(25)27-6-2/h8-9,14-15,17,24H,5-7,10-13H2,1-4H3. The SMILES string of the molecule is CCCCC(C)(C)C(O)C=CC1COC(=O)N1CCSc1nc(C(=O)OCC)cs1. The number of unbranched alkanes of at least 4 members (excludes halogenated alkanes) is 1. The number of cyclic esters (lactones) is 1. The number of ether oxygens (including phenoxy) is 2. The molecule has 1 N–H and O–H groups in total. The van der Waals surface area contributed by atoms with Crippen LogP contribution in [0.15, 0.2) is 21.9 Å². The number of nitrogens with zero attached hydrogens (tertiary/aromatic N) is 2. The van der Waals surface area contributed by atoms with Gasteiger partial charge in [-0.05, 0) is 18.8 Å². The van der Waals surface area contributed by atoms with E-state index < -0.39 is 12.1 Å². The van der Waals surface area contributed by atoms with Crippen molar-refractivity contribution in [2.24, 2.45) is 5.41 Å². The van der Waals surface area contributed by atoms with Gasteiger partial charge in [0.2, 0.25) is 0 Å². The van der Waals surface area contributed by atoms with E-state index in [1.807, 2.05) is 6.08 Å². The highest BCUT2D eigenvalue weighted by Crippen LogP contribution is 2.29. The lowest BCUT2D eigenvalue weighted by Gasteiger charge is -2.29. The first-order chi connectivity index (χ1) is 14.3. The van der Waals surface area contributed by atoms with Crippen LogP contribution in [0.5, 0.6) is 0 Å². The monoisotopic (exact) mass is 456 g/mol. The Morgan fingerprint density at radius 1 is 1.53 bits per heavy atom. The van der Waals surface area contributed by atoms with Gasteiger partial charge < -0.3 is 14.6 Å². The number of thiazole rings is 1. The van der Waals surface area contributed by atoms with E-state index in [-0.39, 0.29) is 24.2 Å². The summed E-state index contributed by atoms with van der Waals surface area (Å²) in [6, 6.07) is -0.193. The Bertz CT molecular complexity index is 735. The normalized spacial score (nSPS) is 18.1. The van der Waals surface area contributed by atoms with Crippen LogP contribution in [-0.4, -0.2) is 64.7 Å². The fourth-order valence-corrected chi connectivity index (χ4v) is 4.81. The van der Waals surface area contributed by atoms with E-state index in [4.69, 9.17) is 9.47 Å². The molecule has 2 unspecified atom stereocenters. The summed E-state index contributed by atoms with van der Waals surface area (Å²) in [6.45, 7) is 9.09. The molecule has 0 aromatic carbocycles. The van der Waals surface area contributed by atoms with Gasteiger partial charge in [0, 0.05) is 17.7 Å². The van der Waals surface area contributed by atoms with Gasteiger partial charge in [-0.1, -0.05) is 57.5 Å². The topological polar surface area (TPSA) is 89.0 Å². The minimum atomic E-state index is -0.576. The number of carbonyl (C=O) groups excluding carboxylic acids is 2. The molecule has 1 aromatic rings. The molecule has 168 valence electrons. The Morgan fingerprint density at radius 2 is 2.30 bits per heavy atom. The molecule has 0 spiro atoms. The number of rotatable bonds is 12. The van der Waals surface area contributed by atoms with Gasteiger partial charge in [0.1, 0.15) is 6.61 Å². The van der Waals surface area contributed by atoms with Crippen LogP contribution in [-0.2, 0) is 9.47 Å². The molecular formula is C21H32N2O5S2. The summed E-state index contributed by atoms with van der Waals surface area (Å²) in [7, 11) is 0. The first kappa shape index (κ1) is 24.7. The Labute approximate surface area is 186 Å². The zero-order chi connectivity index (χ0) is 22.1. The molecule has 1 aliphatic rings. The van der Waals surface area contributed by atoms with Crippen LogP contribution in [0.2, 0.25) is 0 Å². The van der Waals surface area contributed by atoms with Gasteiger partial charge in [-0.15, -0.1) is 11.3 Å². The van der Waals surface area contributed by atoms with Crippen molar-refractivity contribution in [2.75, 3.05) is 25.5 Å². The molecule has 9 heteroatoms. The molecule has 2 heterocycles. The van der Waals surface area contributed by atoms with Crippen molar-refractivity contribution in [3.8, 4) is 0 Å². The van der Waals surface area contributed by atoms with Crippen molar-refractivity contribution in [1.82, 2.24) is 9.88 Å². The van der Waals surface area contributed by atoms with Gasteiger partial charge in [-0.3, -0.25) is 4.90 Å². The fraction of sp³-hybridized carbons (Fsp3) is 0.667. The Balaban J connectivity index is 1.87. The molecule has 1 aromatic heterocycles. The molecule has 0 aliphatic carbocycles. The summed E-state index contributed by atoms with van der Waals surface area (Å²) in [5.74, 6) is 0.203. The van der Waals surface area contributed by atoms with Crippen molar-refractivity contribution >= 4 is 35.2 Å². The van der Waals surface area contributed by atoms with Gasteiger partial charge in [0.05, 0.1) is 18.8 Å². The van der Waals surface area contributed by atoms with Crippen LogP contribution in [0.3, 0.4) is 0 Å². The molecule has 1 saturated heterocycles. The minimum absolute atomic E-state index is 0.193. The predicted molar refractivity (Wildman–Crippen MR) is 119 cm³/mol. The zero-order valence-corrected chi connectivity index (χ0v) is 19.8. The summed E-state index contributed by atoms with van der Waals surface area (Å²) >= 11 is 2.86. The maximum atomic E-state index is 12.1. The second kappa shape index (κ2) is 11.7. The highest BCUT2D eigenvalue weighted by Gasteiger charge is 2.32. The third-order valence-electron chi connectivity index (χ3n) is 5.03. The van der Waals surface area contributed by atoms with Crippen LogP contribution in [0, 0.1) is 5.41 Å². The first-order valence-corrected chi connectivity index (χ1v) is 12.2. The van der Waals surface area contributed by atoms with Gasteiger partial charge in [0.25, 0.3) is 0 Å². The smallest absolute Gasteiger partial charge is 0.410 e. The van der Waals surface area contributed by atoms with E-state index in [0.29, 0.717) is 24.6 Å². The lowest BCUT2D eigenvalue weighted by atomic mass is 9.81. The number of amides is 1. The average Bonchev–Trinajstić information content (AvgIpc) is 3.32. The summed E-state index contributed by atoms with van der Waals surface area (Å²) in [4.78, 5) is 29.7. The van der Waals surface area contributed by atoms with Gasteiger partial charge in [-0.2, -0.15) is 0 Å². The lowest BCUT2D eigenvalue weighted by Crippen LogP contribution is -2.35. The van der Waals surface area contributed by atoms with E-state index in [1.54, 1.807) is 23.3 Å². The Kier molecular flexibility index (Phi) is 9.64. The Morgan fingerprint density at radius 3 is 3.00 bits per heavy atom. The van der Waals surface area contributed by atoms with E-state index in [1.165, 1.54) is 23.1 Å². The maximum Gasteiger partial charge on any atom is 0.410 e. The largest absolute Gasteiger partial charge is 0.461 e. The van der Waals surface area contributed by atoms with Gasteiger partial charge in [0.15, 0.2) is 10.0 Å². The van der Waals surface area contributed by atoms with E-state index in [2.05, 4.69) is 25.8 Å². The molecule has 0 radical (unpaired) electrons. The van der Waals surface area contributed by atoms with Gasteiger partial charge in [-0.25, -0.2) is 14.6 Å². The molecule has 30 heavy (non-hydrogen) atoms. The summed E-state index contributed by atoms with van der Waals surface area (Å²) in [6.07, 6.45) is 5.84. The van der Waals surface area contributed by atoms with Crippen molar-refractivity contribution < 1.29 is 24.2 Å². The maximum absolute atomic E-state index is 12.1. The van der Waals surface area contributed by atoms with E-state index >= 15 is 0 Å². The molecule has 1 aliphatic heterocycles. The lowest BCUT2D eigenvalue weighted by molar-refractivity contribution is 0.0519. The highest BCUT2D eigenvalue weighted by atomic mass is 32.2. The number of thioether (sulfide) groups is 1. The molecule has 0 bridgehead atoms. The number of esters is 1. The molecule has 2 atom stereocenters. The van der Waals surface area contributed by atoms with Crippen LogP contribution in [0.4, 0.5) is 4.79 Å². The average molecular weight is 457 g/mol. The first-order valence-electron chi connectivity index (χ1n) is 10.3. The van der Waals surface area contributed by atoms with Gasteiger partial charge >= 0.3 is 12.1 Å². The van der Waals surface area contributed by atoms with E-state index in [0.717, 1.165) is 23.6 Å². The number of carbonyl (C=O) groups is 2. The third-order valence-corrected chi connectivity index (χ3v) is 7.03. The number of aliphatic hydroxyl groups excluding tert-OH is 1.